The molecule has 0 aliphatic carbocycles. The molecule has 18 heteroatoms. The van der Waals surface area contributed by atoms with E-state index in [-0.39, 0.29) is 5.59 Å². The third-order valence-corrected chi connectivity index (χ3v) is 12.7. The molecule has 6 rings (SSSR count). The molecule has 6 heterocycles. The number of hydrogen-bond acceptors (Lipinski definition) is 12. The second kappa shape index (κ2) is 18.2. The Morgan fingerprint density at radius 2 is 1.22 bits per heavy atom. The van der Waals surface area contributed by atoms with Crippen molar-refractivity contribution in [1.29, 1.82) is 0 Å². The van der Waals surface area contributed by atoms with Crippen molar-refractivity contribution in [3.05, 3.63) is 62.7 Å². The Kier molecular flexibility index (Phi) is 14.6. The van der Waals surface area contributed by atoms with E-state index in [1.807, 2.05) is 49.0 Å². The van der Waals surface area contributed by atoms with Crippen molar-refractivity contribution >= 4 is 89.5 Å². The van der Waals surface area contributed by atoms with Crippen molar-refractivity contribution in [2.45, 2.75) is 78.7 Å². The smallest absolute Gasteiger partial charge is 0.422 e. The molecular weight excluding hydrogens is 771 g/mol. The van der Waals surface area contributed by atoms with Gasteiger partial charge in [0.15, 0.2) is 8.92 Å². The summed E-state index contributed by atoms with van der Waals surface area (Å²) in [6, 6.07) is 13.8. The van der Waals surface area contributed by atoms with Crippen LogP contribution in [0.2, 0.25) is 51.4 Å². The number of fused-ring (bicyclic) bond motifs is 2. The first-order chi connectivity index (χ1) is 23.6. The molecule has 0 fully saturated rings. The number of rotatable bonds is 12. The molecule has 0 spiro atoms. The standard InChI is InChI=1S/C16H22N4OSSi.C13H21BN2O3Si.C3H3BrN2S/c1-12-18-19-16(22-12)14-6-5-13-7-8-20(15(13)17-14)11-21-9-10-23(2,3)4;1-20(2,3)9-8-19-10-16-7-6-11-4-5-12(14(17)18)15-13(11)16;1-2-5-6-3(4)7-2/h5-8H,9-11H2,1-4H3;4-7,17-18H,8-10H2,1-3H3;1H3. The number of ether oxygens (including phenoxy) is 2. The molecule has 0 atom stereocenters. The first-order valence-electron chi connectivity index (χ1n) is 16.3. The van der Waals surface area contributed by atoms with Gasteiger partial charge in [-0.05, 0) is 72.2 Å². The van der Waals surface area contributed by atoms with E-state index >= 15 is 0 Å². The van der Waals surface area contributed by atoms with Gasteiger partial charge >= 0.3 is 7.12 Å². The van der Waals surface area contributed by atoms with Crippen LogP contribution in [0.15, 0.2) is 52.7 Å². The van der Waals surface area contributed by atoms with Gasteiger partial charge in [-0.25, -0.2) is 9.97 Å². The van der Waals surface area contributed by atoms with Gasteiger partial charge in [-0.15, -0.1) is 20.4 Å². The number of hydrogen-bond donors (Lipinski definition) is 2. The summed E-state index contributed by atoms with van der Waals surface area (Å²) in [5.41, 5.74) is 2.76. The van der Waals surface area contributed by atoms with Crippen LogP contribution in [0.5, 0.6) is 0 Å². The Labute approximate surface area is 312 Å². The van der Waals surface area contributed by atoms with Crippen molar-refractivity contribution < 1.29 is 19.5 Å². The molecule has 0 bridgehead atoms. The van der Waals surface area contributed by atoms with Crippen LogP contribution in [-0.2, 0) is 22.9 Å². The number of aromatic nitrogens is 8. The monoisotopic (exact) mass is 816 g/mol. The third-order valence-electron chi connectivity index (χ3n) is 7.21. The van der Waals surface area contributed by atoms with Crippen molar-refractivity contribution in [1.82, 2.24) is 39.5 Å². The minimum absolute atomic E-state index is 0.250. The summed E-state index contributed by atoms with van der Waals surface area (Å²) < 4.78 is 16.3. The highest BCUT2D eigenvalue weighted by Crippen LogP contribution is 2.24. The van der Waals surface area contributed by atoms with Gasteiger partial charge in [0.05, 0.1) is 5.59 Å². The van der Waals surface area contributed by atoms with Crippen LogP contribution in [0, 0.1) is 13.8 Å². The zero-order chi connectivity index (χ0) is 36.5. The van der Waals surface area contributed by atoms with Gasteiger partial charge < -0.3 is 28.7 Å². The predicted molar refractivity (Wildman–Crippen MR) is 213 cm³/mol. The second-order valence-corrected chi connectivity index (χ2v) is 29.0. The van der Waals surface area contributed by atoms with E-state index in [9.17, 15) is 10.0 Å². The summed E-state index contributed by atoms with van der Waals surface area (Å²) in [7, 11) is -3.67. The van der Waals surface area contributed by atoms with E-state index in [0.29, 0.717) is 19.1 Å². The van der Waals surface area contributed by atoms with Gasteiger partial charge in [0.1, 0.15) is 40.5 Å². The Balaban J connectivity index is 0.000000190. The van der Waals surface area contributed by atoms with Gasteiger partial charge in [0.2, 0.25) is 0 Å². The molecule has 0 amide bonds. The molecular formula is C32H46BBrN8O4S2Si2. The quantitative estimate of drug-likeness (QED) is 0.0998. The van der Waals surface area contributed by atoms with Gasteiger partial charge in [-0.1, -0.05) is 68.0 Å². The van der Waals surface area contributed by atoms with Gasteiger partial charge in [0, 0.05) is 52.5 Å². The largest absolute Gasteiger partial charge is 0.508 e. The number of pyridine rings is 2. The van der Waals surface area contributed by atoms with Crippen LogP contribution in [0.3, 0.4) is 0 Å². The molecule has 0 radical (unpaired) electrons. The zero-order valence-corrected chi connectivity index (χ0v) is 35.1. The Bertz CT molecular complexity index is 1940. The Morgan fingerprint density at radius 1 is 0.700 bits per heavy atom. The molecule has 0 saturated heterocycles. The molecule has 0 unspecified atom stereocenters. The van der Waals surface area contributed by atoms with Crippen LogP contribution < -0.4 is 5.59 Å². The fourth-order valence-electron chi connectivity index (χ4n) is 4.36. The average molecular weight is 818 g/mol. The number of halogens is 1. The van der Waals surface area contributed by atoms with E-state index in [1.165, 1.54) is 17.4 Å². The summed E-state index contributed by atoms with van der Waals surface area (Å²) in [5, 5.41) is 38.9. The van der Waals surface area contributed by atoms with Crippen molar-refractivity contribution in [3.8, 4) is 10.7 Å². The Morgan fingerprint density at radius 3 is 1.66 bits per heavy atom. The van der Waals surface area contributed by atoms with E-state index in [0.717, 1.165) is 60.3 Å². The molecule has 268 valence electrons. The molecule has 50 heavy (non-hydrogen) atoms. The SMILES string of the molecule is C[Si](C)(C)CCOCn1ccc2ccc(B(O)O)nc21.Cc1nnc(-c2ccc3ccn(COCC[Si](C)(C)C)c3n2)s1.Cc1nnc(Br)s1. The van der Waals surface area contributed by atoms with Crippen LogP contribution >= 0.6 is 38.6 Å². The first kappa shape index (κ1) is 40.1. The average Bonchev–Trinajstić information content (AvgIpc) is 3.84. The molecule has 0 aromatic carbocycles. The summed E-state index contributed by atoms with van der Waals surface area (Å²) in [5.74, 6) is 0. The third kappa shape index (κ3) is 12.8. The molecule has 2 N–H and O–H groups in total. The molecule has 12 nitrogen and oxygen atoms in total. The number of nitrogens with zero attached hydrogens (tertiary/aromatic N) is 8. The minimum atomic E-state index is -1.55. The molecule has 6 aromatic rings. The summed E-state index contributed by atoms with van der Waals surface area (Å²) in [6.45, 7) is 20.4. The molecule has 0 aliphatic heterocycles. The van der Waals surface area contributed by atoms with Crippen LogP contribution in [0.1, 0.15) is 10.0 Å². The van der Waals surface area contributed by atoms with E-state index in [2.05, 4.69) is 97.3 Å². The maximum atomic E-state index is 9.17. The Hall–Kier alpha value is -2.68. The van der Waals surface area contributed by atoms with Crippen LogP contribution in [-0.4, -0.2) is 86.0 Å². The van der Waals surface area contributed by atoms with Crippen molar-refractivity contribution in [3.63, 3.8) is 0 Å². The first-order valence-corrected chi connectivity index (χ1v) is 26.1. The topological polar surface area (TPSA) is 146 Å². The highest BCUT2D eigenvalue weighted by Gasteiger charge is 2.16. The maximum Gasteiger partial charge on any atom is 0.508 e. The summed E-state index contributed by atoms with van der Waals surface area (Å²) in [4.78, 5) is 9.00. The lowest BCUT2D eigenvalue weighted by Gasteiger charge is -2.15. The van der Waals surface area contributed by atoms with Gasteiger partial charge in [-0.3, -0.25) is 0 Å². The lowest BCUT2D eigenvalue weighted by Crippen LogP contribution is -2.32. The minimum Gasteiger partial charge on any atom is -0.422 e. The van der Waals surface area contributed by atoms with Crippen molar-refractivity contribution in [2.24, 2.45) is 0 Å². The zero-order valence-electron chi connectivity index (χ0n) is 29.9. The van der Waals surface area contributed by atoms with E-state index < -0.39 is 23.3 Å². The second-order valence-electron chi connectivity index (χ2n) is 14.1. The molecule has 0 aliphatic rings. The lowest BCUT2D eigenvalue weighted by atomic mass is 9.86. The normalized spacial score (nSPS) is 11.7. The van der Waals surface area contributed by atoms with Gasteiger partial charge in [-0.2, -0.15) is 0 Å². The number of aryl methyl sites for hydroxylation is 2. The fourth-order valence-corrected chi connectivity index (χ4v) is 7.73. The van der Waals surface area contributed by atoms with E-state index in [4.69, 9.17) is 14.5 Å². The molecule has 6 aromatic heterocycles. The predicted octanol–water partition coefficient (Wildman–Crippen LogP) is 6.81. The highest BCUT2D eigenvalue weighted by molar-refractivity contribution is 9.11. The fraction of sp³-hybridized carbons (Fsp3) is 0.438. The molecule has 0 saturated carbocycles. The lowest BCUT2D eigenvalue weighted by molar-refractivity contribution is 0.0898. The van der Waals surface area contributed by atoms with Crippen LogP contribution in [0.25, 0.3) is 32.8 Å². The van der Waals surface area contributed by atoms with E-state index in [1.54, 1.807) is 17.4 Å². The summed E-state index contributed by atoms with van der Waals surface area (Å²) >= 11 is 6.28. The van der Waals surface area contributed by atoms with Crippen molar-refractivity contribution in [2.75, 3.05) is 13.2 Å². The van der Waals surface area contributed by atoms with Crippen LogP contribution in [0.4, 0.5) is 0 Å². The maximum absolute atomic E-state index is 9.17. The van der Waals surface area contributed by atoms with Gasteiger partial charge in [0.25, 0.3) is 0 Å². The summed E-state index contributed by atoms with van der Waals surface area (Å²) in [6.07, 6.45) is 3.93. The highest BCUT2D eigenvalue weighted by atomic mass is 79.9.